The van der Waals surface area contributed by atoms with Gasteiger partial charge in [-0.2, -0.15) is 0 Å². The zero-order valence-corrected chi connectivity index (χ0v) is 17.8. The van der Waals surface area contributed by atoms with Crippen LogP contribution in [0.15, 0.2) is 23.1 Å². The standard InChI is InChI=1S/C20H30N2O5S/c1-14-8-11-22(12-9-14)20(24)17(4)27-19(23)7-10-21-28(25,26)18-6-5-15(2)16(3)13-18/h5-6,13-14,17,21H,7-12H2,1-4H3. The first-order valence-electron chi connectivity index (χ1n) is 9.65. The van der Waals surface area contributed by atoms with E-state index in [0.29, 0.717) is 19.0 Å². The maximum absolute atomic E-state index is 12.4. The lowest BCUT2D eigenvalue weighted by Gasteiger charge is -2.31. The number of amides is 1. The van der Waals surface area contributed by atoms with Crippen molar-refractivity contribution in [1.82, 2.24) is 9.62 Å². The van der Waals surface area contributed by atoms with Gasteiger partial charge in [-0.25, -0.2) is 13.1 Å². The van der Waals surface area contributed by atoms with Gasteiger partial charge in [0.15, 0.2) is 6.10 Å². The first kappa shape index (κ1) is 22.4. The van der Waals surface area contributed by atoms with Crippen LogP contribution < -0.4 is 4.72 Å². The number of piperidine rings is 1. The van der Waals surface area contributed by atoms with Gasteiger partial charge < -0.3 is 9.64 Å². The average molecular weight is 411 g/mol. The summed E-state index contributed by atoms with van der Waals surface area (Å²) < 4.78 is 32.2. The molecule has 28 heavy (non-hydrogen) atoms. The van der Waals surface area contributed by atoms with E-state index < -0.39 is 22.1 Å². The van der Waals surface area contributed by atoms with Gasteiger partial charge in [0.25, 0.3) is 5.91 Å². The quantitative estimate of drug-likeness (QED) is 0.696. The molecule has 7 nitrogen and oxygen atoms in total. The minimum Gasteiger partial charge on any atom is -0.452 e. The molecule has 0 aliphatic carbocycles. The van der Waals surface area contributed by atoms with E-state index in [2.05, 4.69) is 11.6 Å². The predicted octanol–water partition coefficient (Wildman–Crippen LogP) is 2.16. The maximum atomic E-state index is 12.4. The van der Waals surface area contributed by atoms with Crippen molar-refractivity contribution >= 4 is 21.9 Å². The van der Waals surface area contributed by atoms with Gasteiger partial charge in [-0.3, -0.25) is 9.59 Å². The molecular formula is C20H30N2O5S. The molecule has 1 aromatic carbocycles. The molecule has 0 radical (unpaired) electrons. The second kappa shape index (κ2) is 9.52. The van der Waals surface area contributed by atoms with Crippen molar-refractivity contribution in [3.63, 3.8) is 0 Å². The second-order valence-corrected chi connectivity index (χ2v) is 9.30. The summed E-state index contributed by atoms with van der Waals surface area (Å²) in [6.45, 7) is 8.72. The van der Waals surface area contributed by atoms with Crippen LogP contribution >= 0.6 is 0 Å². The third kappa shape index (κ3) is 6.04. The molecule has 1 atom stereocenters. The van der Waals surface area contributed by atoms with E-state index >= 15 is 0 Å². The van der Waals surface area contributed by atoms with E-state index in [1.54, 1.807) is 24.0 Å². The maximum Gasteiger partial charge on any atom is 0.307 e. The zero-order valence-electron chi connectivity index (χ0n) is 17.0. The first-order chi connectivity index (χ1) is 13.1. The van der Waals surface area contributed by atoms with Crippen molar-refractivity contribution in [1.29, 1.82) is 0 Å². The molecule has 1 heterocycles. The molecule has 2 rings (SSSR count). The predicted molar refractivity (Wildman–Crippen MR) is 106 cm³/mol. The molecule has 1 aliphatic heterocycles. The monoisotopic (exact) mass is 410 g/mol. The molecule has 1 aliphatic rings. The summed E-state index contributed by atoms with van der Waals surface area (Å²) in [6, 6.07) is 4.87. The third-order valence-electron chi connectivity index (χ3n) is 5.16. The van der Waals surface area contributed by atoms with Crippen molar-refractivity contribution < 1.29 is 22.7 Å². The fourth-order valence-electron chi connectivity index (χ4n) is 3.04. The van der Waals surface area contributed by atoms with Crippen LogP contribution in [0.1, 0.15) is 44.2 Å². The lowest BCUT2D eigenvalue weighted by molar-refractivity contribution is -0.159. The van der Waals surface area contributed by atoms with Crippen LogP contribution in [0.4, 0.5) is 0 Å². The van der Waals surface area contributed by atoms with Gasteiger partial charge in [-0.15, -0.1) is 0 Å². The van der Waals surface area contributed by atoms with Gasteiger partial charge in [-0.05, 0) is 62.8 Å². The summed E-state index contributed by atoms with van der Waals surface area (Å²) >= 11 is 0. The van der Waals surface area contributed by atoms with E-state index in [1.807, 2.05) is 13.8 Å². The summed E-state index contributed by atoms with van der Waals surface area (Å²) in [5.74, 6) is -0.197. The summed E-state index contributed by atoms with van der Waals surface area (Å²) in [7, 11) is -3.70. The number of likely N-dealkylation sites (tertiary alicyclic amines) is 1. The number of nitrogens with one attached hydrogen (secondary N) is 1. The Morgan fingerprint density at radius 1 is 1.21 bits per heavy atom. The lowest BCUT2D eigenvalue weighted by atomic mass is 9.99. The van der Waals surface area contributed by atoms with Gasteiger partial charge >= 0.3 is 5.97 Å². The van der Waals surface area contributed by atoms with Crippen molar-refractivity contribution in [2.45, 2.75) is 58.0 Å². The number of ether oxygens (including phenoxy) is 1. The van der Waals surface area contributed by atoms with E-state index in [9.17, 15) is 18.0 Å². The molecular weight excluding hydrogens is 380 g/mol. The van der Waals surface area contributed by atoms with Crippen LogP contribution in [-0.4, -0.2) is 50.9 Å². The molecule has 0 spiro atoms. The summed E-state index contributed by atoms with van der Waals surface area (Å²) in [5.41, 5.74) is 1.88. The molecule has 1 N–H and O–H groups in total. The number of benzene rings is 1. The minimum absolute atomic E-state index is 0.0871. The Morgan fingerprint density at radius 3 is 2.46 bits per heavy atom. The molecule has 1 aromatic rings. The number of rotatable bonds is 7. The Kier molecular flexibility index (Phi) is 7.60. The van der Waals surface area contributed by atoms with Crippen molar-refractivity contribution in [3.8, 4) is 0 Å². The summed E-state index contributed by atoms with van der Waals surface area (Å²) in [5, 5.41) is 0. The number of carbonyl (C=O) groups excluding carboxylic acids is 2. The molecule has 8 heteroatoms. The van der Waals surface area contributed by atoms with Gasteiger partial charge in [0.05, 0.1) is 11.3 Å². The normalized spacial score (nSPS) is 16.6. The molecule has 1 fully saturated rings. The van der Waals surface area contributed by atoms with Crippen molar-refractivity contribution in [2.24, 2.45) is 5.92 Å². The highest BCUT2D eigenvalue weighted by molar-refractivity contribution is 7.89. The number of hydrogen-bond acceptors (Lipinski definition) is 5. The van der Waals surface area contributed by atoms with Crippen LogP contribution in [0, 0.1) is 19.8 Å². The summed E-state index contributed by atoms with van der Waals surface area (Å²) in [6.07, 6.45) is 0.898. The second-order valence-electron chi connectivity index (χ2n) is 7.53. The Hall–Kier alpha value is -1.93. The van der Waals surface area contributed by atoms with E-state index in [4.69, 9.17) is 4.74 Å². The molecule has 1 saturated heterocycles. The molecule has 0 saturated carbocycles. The fraction of sp³-hybridized carbons (Fsp3) is 0.600. The Balaban J connectivity index is 1.80. The number of hydrogen-bond donors (Lipinski definition) is 1. The van der Waals surface area contributed by atoms with Crippen LogP contribution in [0.25, 0.3) is 0 Å². The van der Waals surface area contributed by atoms with Gasteiger partial charge in [-0.1, -0.05) is 13.0 Å². The Bertz CT molecular complexity index is 814. The van der Waals surface area contributed by atoms with Crippen LogP contribution in [0.5, 0.6) is 0 Å². The number of sulfonamides is 1. The number of carbonyl (C=O) groups is 2. The minimum atomic E-state index is -3.70. The highest BCUT2D eigenvalue weighted by Crippen LogP contribution is 2.17. The molecule has 0 bridgehead atoms. The number of esters is 1. The molecule has 156 valence electrons. The van der Waals surface area contributed by atoms with Crippen molar-refractivity contribution in [3.05, 3.63) is 29.3 Å². The smallest absolute Gasteiger partial charge is 0.307 e. The molecule has 0 aromatic heterocycles. The highest BCUT2D eigenvalue weighted by atomic mass is 32.2. The zero-order chi connectivity index (χ0) is 20.9. The topological polar surface area (TPSA) is 92.8 Å². The van der Waals surface area contributed by atoms with Crippen molar-refractivity contribution in [2.75, 3.05) is 19.6 Å². The van der Waals surface area contributed by atoms with E-state index in [0.717, 1.165) is 24.0 Å². The van der Waals surface area contributed by atoms with E-state index in [-0.39, 0.29) is 23.8 Å². The molecule has 1 amide bonds. The Morgan fingerprint density at radius 2 is 1.86 bits per heavy atom. The lowest BCUT2D eigenvalue weighted by Crippen LogP contribution is -2.44. The van der Waals surface area contributed by atoms with Gasteiger partial charge in [0.1, 0.15) is 0 Å². The van der Waals surface area contributed by atoms with Crippen LogP contribution in [0.3, 0.4) is 0 Å². The summed E-state index contributed by atoms with van der Waals surface area (Å²) in [4.78, 5) is 26.2. The highest BCUT2D eigenvalue weighted by Gasteiger charge is 2.26. The third-order valence-corrected chi connectivity index (χ3v) is 6.62. The number of nitrogens with zero attached hydrogens (tertiary/aromatic N) is 1. The van der Waals surface area contributed by atoms with E-state index in [1.165, 1.54) is 6.07 Å². The SMILES string of the molecule is Cc1ccc(S(=O)(=O)NCCC(=O)OC(C)C(=O)N2CCC(C)CC2)cc1C. The van der Waals surface area contributed by atoms with Gasteiger partial charge in [0.2, 0.25) is 10.0 Å². The van der Waals surface area contributed by atoms with Crippen LogP contribution in [-0.2, 0) is 24.3 Å². The van der Waals surface area contributed by atoms with Crippen LogP contribution in [0.2, 0.25) is 0 Å². The average Bonchev–Trinajstić information content (AvgIpc) is 2.63. The fourth-order valence-corrected chi connectivity index (χ4v) is 4.16. The largest absolute Gasteiger partial charge is 0.452 e. The molecule has 1 unspecified atom stereocenters. The van der Waals surface area contributed by atoms with Gasteiger partial charge in [0, 0.05) is 19.6 Å². The number of aryl methyl sites for hydroxylation is 2. The first-order valence-corrected chi connectivity index (χ1v) is 11.1. The Labute approximate surface area is 167 Å².